The van der Waals surface area contributed by atoms with Gasteiger partial charge in [0.1, 0.15) is 0 Å². The summed E-state index contributed by atoms with van der Waals surface area (Å²) in [6.07, 6.45) is 0.501. The number of fused-ring (bicyclic) bond motifs is 1. The molecule has 0 saturated carbocycles. The van der Waals surface area contributed by atoms with E-state index < -0.39 is 9.84 Å². The molecule has 0 unspecified atom stereocenters. The summed E-state index contributed by atoms with van der Waals surface area (Å²) in [5.74, 6) is -0.165. The minimum Gasteiger partial charge on any atom is -0.296 e. The second-order valence-electron chi connectivity index (χ2n) is 6.83. The third-order valence-electron chi connectivity index (χ3n) is 4.81. The monoisotopic (exact) mass is 444 g/mol. The minimum atomic E-state index is -3.07. The van der Waals surface area contributed by atoms with Crippen molar-refractivity contribution in [3.05, 3.63) is 53.5 Å². The number of nitrogens with zero attached hydrogens (tertiary/aromatic N) is 3. The highest BCUT2D eigenvalue weighted by Gasteiger charge is 2.32. The number of para-hydroxylation sites is 1. The van der Waals surface area contributed by atoms with Gasteiger partial charge >= 0.3 is 0 Å². The first kappa shape index (κ1) is 18.5. The summed E-state index contributed by atoms with van der Waals surface area (Å²) >= 11 is 2.93. The Kier molecular flexibility index (Phi) is 4.49. The predicted octanol–water partition coefficient (Wildman–Crippen LogP) is 3.83. The predicted molar refractivity (Wildman–Crippen MR) is 115 cm³/mol. The maximum atomic E-state index is 12.8. The number of aromatic nitrogens is 3. The molecule has 5 rings (SSSR count). The molecule has 1 aromatic carbocycles. The van der Waals surface area contributed by atoms with Crippen LogP contribution in [0.1, 0.15) is 23.0 Å². The Morgan fingerprint density at radius 3 is 2.79 bits per heavy atom. The second-order valence-corrected chi connectivity index (χ2v) is 11.0. The van der Waals surface area contributed by atoms with Gasteiger partial charge in [0.25, 0.3) is 5.91 Å². The van der Waals surface area contributed by atoms with Gasteiger partial charge in [-0.05, 0) is 36.1 Å². The number of nitrogens with one attached hydrogen (secondary N) is 1. The van der Waals surface area contributed by atoms with Crippen molar-refractivity contribution in [3.63, 3.8) is 0 Å². The van der Waals surface area contributed by atoms with Crippen molar-refractivity contribution < 1.29 is 13.2 Å². The standard InChI is InChI=1S/C19H16N4O3S3/c24-18(21-19-20-13-4-1-2-5-16(13)28-19)14-10-15(17-6-3-8-27-17)23(22-14)12-7-9-29(25,26)11-12/h1-6,8,10,12H,7,9,11H2,(H,20,21,24)/t12-/m1/s1. The van der Waals surface area contributed by atoms with Gasteiger partial charge < -0.3 is 0 Å². The van der Waals surface area contributed by atoms with E-state index in [0.29, 0.717) is 11.6 Å². The molecule has 0 spiro atoms. The summed E-state index contributed by atoms with van der Waals surface area (Å²) in [5, 5.41) is 9.76. The summed E-state index contributed by atoms with van der Waals surface area (Å²) in [5.41, 5.74) is 1.84. The lowest BCUT2D eigenvalue weighted by Crippen LogP contribution is -2.16. The fraction of sp³-hybridized carbons (Fsp3) is 0.211. The minimum absolute atomic E-state index is 0.0476. The molecule has 0 bridgehead atoms. The highest BCUT2D eigenvalue weighted by molar-refractivity contribution is 7.91. The number of amides is 1. The van der Waals surface area contributed by atoms with Gasteiger partial charge in [0, 0.05) is 0 Å². The highest BCUT2D eigenvalue weighted by Crippen LogP contribution is 2.33. The number of hydrogen-bond acceptors (Lipinski definition) is 7. The fourth-order valence-corrected chi connectivity index (χ4v) is 6.73. The molecule has 1 aliphatic rings. The lowest BCUT2D eigenvalue weighted by atomic mass is 10.2. The molecule has 1 N–H and O–H groups in total. The van der Waals surface area contributed by atoms with Crippen molar-refractivity contribution in [1.29, 1.82) is 0 Å². The Labute approximate surface area is 174 Å². The second kappa shape index (κ2) is 7.05. The van der Waals surface area contributed by atoms with Crippen LogP contribution in [0.3, 0.4) is 0 Å². The zero-order valence-corrected chi connectivity index (χ0v) is 17.6. The largest absolute Gasteiger partial charge is 0.296 e. The number of thiazole rings is 1. The quantitative estimate of drug-likeness (QED) is 0.516. The lowest BCUT2D eigenvalue weighted by Gasteiger charge is -2.12. The third-order valence-corrected chi connectivity index (χ3v) is 8.41. The highest BCUT2D eigenvalue weighted by atomic mass is 32.2. The average Bonchev–Trinajstić information content (AvgIpc) is 3.46. The molecule has 0 aliphatic carbocycles. The van der Waals surface area contributed by atoms with Crippen LogP contribution in [-0.2, 0) is 9.84 Å². The smallest absolute Gasteiger partial charge is 0.277 e. The van der Waals surface area contributed by atoms with Gasteiger partial charge in [-0.25, -0.2) is 13.4 Å². The van der Waals surface area contributed by atoms with Crippen molar-refractivity contribution in [2.75, 3.05) is 16.8 Å². The van der Waals surface area contributed by atoms with E-state index in [-0.39, 0.29) is 29.1 Å². The topological polar surface area (TPSA) is 94.0 Å². The first-order chi connectivity index (χ1) is 14.0. The summed E-state index contributed by atoms with van der Waals surface area (Å²) in [7, 11) is -3.07. The average molecular weight is 445 g/mol. The number of rotatable bonds is 4. The Morgan fingerprint density at radius 2 is 2.07 bits per heavy atom. The number of sulfone groups is 1. The van der Waals surface area contributed by atoms with E-state index in [4.69, 9.17) is 0 Å². The van der Waals surface area contributed by atoms with Crippen LogP contribution in [0.15, 0.2) is 47.8 Å². The molecular weight excluding hydrogens is 428 g/mol. The van der Waals surface area contributed by atoms with Crippen molar-refractivity contribution in [2.45, 2.75) is 12.5 Å². The van der Waals surface area contributed by atoms with E-state index >= 15 is 0 Å². The van der Waals surface area contributed by atoms with Gasteiger partial charge in [0.05, 0.1) is 38.3 Å². The number of thiophene rings is 1. The maximum absolute atomic E-state index is 12.8. The number of carbonyl (C=O) groups excluding carboxylic acids is 1. The lowest BCUT2D eigenvalue weighted by molar-refractivity contribution is 0.102. The normalized spacial score (nSPS) is 18.3. The van der Waals surface area contributed by atoms with Gasteiger partial charge in [0.15, 0.2) is 20.7 Å². The summed E-state index contributed by atoms with van der Waals surface area (Å²) in [6.45, 7) is 0. The van der Waals surface area contributed by atoms with Crippen LogP contribution in [0.25, 0.3) is 20.8 Å². The first-order valence-electron chi connectivity index (χ1n) is 8.99. The van der Waals surface area contributed by atoms with E-state index in [9.17, 15) is 13.2 Å². The number of anilines is 1. The molecule has 3 aromatic heterocycles. The number of carbonyl (C=O) groups is 1. The maximum Gasteiger partial charge on any atom is 0.277 e. The molecule has 1 saturated heterocycles. The van der Waals surface area contributed by atoms with Crippen molar-refractivity contribution >= 4 is 53.8 Å². The van der Waals surface area contributed by atoms with Crippen molar-refractivity contribution in [1.82, 2.24) is 14.8 Å². The van der Waals surface area contributed by atoms with Crippen LogP contribution in [0.5, 0.6) is 0 Å². The van der Waals surface area contributed by atoms with Crippen LogP contribution >= 0.6 is 22.7 Å². The van der Waals surface area contributed by atoms with Gasteiger partial charge in [-0.1, -0.05) is 29.5 Å². The van der Waals surface area contributed by atoms with Gasteiger partial charge in [-0.3, -0.25) is 14.8 Å². The molecule has 1 aliphatic heterocycles. The van der Waals surface area contributed by atoms with Crippen LogP contribution in [0.4, 0.5) is 5.13 Å². The molecule has 4 heterocycles. The summed E-state index contributed by atoms with van der Waals surface area (Å²) in [6, 6.07) is 13.0. The van der Waals surface area contributed by atoms with E-state index in [1.54, 1.807) is 10.7 Å². The SMILES string of the molecule is O=C(Nc1nc2ccccc2s1)c1cc(-c2cccs2)n([C@@H]2CCS(=O)(=O)C2)n1. The zero-order chi connectivity index (χ0) is 20.0. The fourth-order valence-electron chi connectivity index (χ4n) is 3.45. The molecule has 1 atom stereocenters. The molecular formula is C19H16N4O3S3. The zero-order valence-electron chi connectivity index (χ0n) is 15.1. The molecule has 29 heavy (non-hydrogen) atoms. The Morgan fingerprint density at radius 1 is 1.21 bits per heavy atom. The van der Waals surface area contributed by atoms with E-state index in [1.807, 2.05) is 41.8 Å². The molecule has 0 radical (unpaired) electrons. The molecule has 10 heteroatoms. The van der Waals surface area contributed by atoms with Crippen molar-refractivity contribution in [3.8, 4) is 10.6 Å². The molecule has 4 aromatic rings. The van der Waals surface area contributed by atoms with E-state index in [0.717, 1.165) is 20.8 Å². The molecule has 1 fully saturated rings. The number of benzene rings is 1. The van der Waals surface area contributed by atoms with Gasteiger partial charge in [0.2, 0.25) is 0 Å². The van der Waals surface area contributed by atoms with Crippen molar-refractivity contribution in [2.24, 2.45) is 0 Å². The van der Waals surface area contributed by atoms with Crippen LogP contribution in [-0.4, -0.2) is 40.6 Å². The molecule has 1 amide bonds. The molecule has 148 valence electrons. The summed E-state index contributed by atoms with van der Waals surface area (Å²) in [4.78, 5) is 18.2. The third kappa shape index (κ3) is 3.59. The first-order valence-corrected chi connectivity index (χ1v) is 12.5. The summed E-state index contributed by atoms with van der Waals surface area (Å²) < 4.78 is 26.6. The Hall–Kier alpha value is -2.56. The number of hydrogen-bond donors (Lipinski definition) is 1. The van der Waals surface area contributed by atoms with Gasteiger partial charge in [-0.15, -0.1) is 11.3 Å². The van der Waals surface area contributed by atoms with Crippen LogP contribution in [0, 0.1) is 0 Å². The van der Waals surface area contributed by atoms with Gasteiger partial charge in [-0.2, -0.15) is 5.10 Å². The van der Waals surface area contributed by atoms with Crippen LogP contribution < -0.4 is 5.32 Å². The van der Waals surface area contributed by atoms with E-state index in [1.165, 1.54) is 22.7 Å². The van der Waals surface area contributed by atoms with Crippen LogP contribution in [0.2, 0.25) is 0 Å². The molecule has 7 nitrogen and oxygen atoms in total. The Bertz CT molecular complexity index is 1270. The van der Waals surface area contributed by atoms with E-state index in [2.05, 4.69) is 15.4 Å². The Balaban J connectivity index is 1.48.